The van der Waals surface area contributed by atoms with Crippen LogP contribution >= 0.6 is 11.6 Å². The Hall–Kier alpha value is -1.91. The normalized spacial score (nSPS) is 11.1. The summed E-state index contributed by atoms with van der Waals surface area (Å²) in [5, 5.41) is 0.628. The predicted molar refractivity (Wildman–Crippen MR) is 73.5 cm³/mol. The molecule has 19 heavy (non-hydrogen) atoms. The summed E-state index contributed by atoms with van der Waals surface area (Å²) in [6.07, 6.45) is 1.39. The van der Waals surface area contributed by atoms with Crippen LogP contribution in [0.3, 0.4) is 0 Å². The van der Waals surface area contributed by atoms with E-state index >= 15 is 0 Å². The van der Waals surface area contributed by atoms with Gasteiger partial charge in [0.15, 0.2) is 0 Å². The van der Waals surface area contributed by atoms with Crippen molar-refractivity contribution in [2.24, 2.45) is 5.73 Å². The van der Waals surface area contributed by atoms with Crippen molar-refractivity contribution in [3.8, 4) is 11.3 Å². The van der Waals surface area contributed by atoms with Gasteiger partial charge in [-0.1, -0.05) is 23.7 Å². The first-order valence-corrected chi connectivity index (χ1v) is 6.19. The van der Waals surface area contributed by atoms with Crippen LogP contribution in [0.1, 0.15) is 5.69 Å². The minimum atomic E-state index is -0.322. The van der Waals surface area contributed by atoms with E-state index in [0.717, 1.165) is 17.0 Å². The third-order valence-corrected chi connectivity index (χ3v) is 3.21. The number of hydrogen-bond acceptors (Lipinski definition) is 2. The van der Waals surface area contributed by atoms with Crippen molar-refractivity contribution in [1.29, 1.82) is 0 Å². The van der Waals surface area contributed by atoms with E-state index in [2.05, 4.69) is 4.98 Å². The van der Waals surface area contributed by atoms with Gasteiger partial charge in [-0.05, 0) is 24.3 Å². The lowest BCUT2D eigenvalue weighted by Crippen LogP contribution is -2.02. The second-order valence-electron chi connectivity index (χ2n) is 4.20. The number of halogens is 2. The second kappa shape index (κ2) is 4.64. The molecule has 3 rings (SSSR count). The Kier molecular flexibility index (Phi) is 2.97. The molecular formula is C14H11ClFN3. The molecule has 0 radical (unpaired) electrons. The van der Waals surface area contributed by atoms with Crippen molar-refractivity contribution >= 4 is 17.2 Å². The fourth-order valence-electron chi connectivity index (χ4n) is 2.13. The number of benzene rings is 1. The lowest BCUT2D eigenvalue weighted by atomic mass is 10.1. The van der Waals surface area contributed by atoms with E-state index < -0.39 is 0 Å². The number of nitrogens with two attached hydrogens (primary N) is 1. The molecule has 2 aromatic heterocycles. The first kappa shape index (κ1) is 12.1. The molecule has 0 spiro atoms. The average Bonchev–Trinajstić information content (AvgIpc) is 2.76. The summed E-state index contributed by atoms with van der Waals surface area (Å²) in [6.45, 7) is 0.270. The van der Waals surface area contributed by atoms with Gasteiger partial charge in [0.05, 0.1) is 11.4 Å². The largest absolute Gasteiger partial charge is 0.325 e. The van der Waals surface area contributed by atoms with E-state index in [4.69, 9.17) is 17.3 Å². The van der Waals surface area contributed by atoms with Crippen LogP contribution in [-0.4, -0.2) is 9.38 Å². The smallest absolute Gasteiger partial charge is 0.139 e. The van der Waals surface area contributed by atoms with Gasteiger partial charge >= 0.3 is 0 Å². The summed E-state index contributed by atoms with van der Waals surface area (Å²) in [4.78, 5) is 4.49. The van der Waals surface area contributed by atoms with Gasteiger partial charge in [0.25, 0.3) is 0 Å². The maximum absolute atomic E-state index is 13.3. The maximum atomic E-state index is 13.3. The summed E-state index contributed by atoms with van der Waals surface area (Å²) >= 11 is 5.99. The Morgan fingerprint density at radius 2 is 2.11 bits per heavy atom. The summed E-state index contributed by atoms with van der Waals surface area (Å²) in [5.74, 6) is -0.322. The molecule has 1 aromatic carbocycles. The van der Waals surface area contributed by atoms with Crippen molar-refractivity contribution in [3.63, 3.8) is 0 Å². The highest BCUT2D eigenvalue weighted by molar-refractivity contribution is 6.30. The lowest BCUT2D eigenvalue weighted by Gasteiger charge is -2.02. The zero-order valence-corrected chi connectivity index (χ0v) is 10.7. The molecule has 0 fully saturated rings. The number of pyridine rings is 1. The Morgan fingerprint density at radius 1 is 1.26 bits per heavy atom. The molecule has 0 saturated heterocycles. The van der Waals surface area contributed by atoms with Crippen molar-refractivity contribution in [2.45, 2.75) is 6.54 Å². The molecule has 0 amide bonds. The van der Waals surface area contributed by atoms with Crippen molar-refractivity contribution in [2.75, 3.05) is 0 Å². The molecule has 2 heterocycles. The van der Waals surface area contributed by atoms with Gasteiger partial charge in [0, 0.05) is 23.3 Å². The zero-order chi connectivity index (χ0) is 13.4. The van der Waals surface area contributed by atoms with Crippen LogP contribution in [-0.2, 0) is 6.54 Å². The molecule has 0 atom stereocenters. The monoisotopic (exact) mass is 275 g/mol. The average molecular weight is 276 g/mol. The minimum absolute atomic E-state index is 0.270. The van der Waals surface area contributed by atoms with Gasteiger partial charge in [0.2, 0.25) is 0 Å². The summed E-state index contributed by atoms with van der Waals surface area (Å²) in [6, 6.07) is 10.4. The van der Waals surface area contributed by atoms with E-state index in [1.807, 2.05) is 18.2 Å². The third kappa shape index (κ3) is 2.09. The fraction of sp³-hybridized carbons (Fsp3) is 0.0714. The van der Waals surface area contributed by atoms with Crippen molar-refractivity contribution in [1.82, 2.24) is 9.38 Å². The van der Waals surface area contributed by atoms with E-state index in [1.54, 1.807) is 16.5 Å². The number of rotatable bonds is 2. The SMILES string of the molecule is NCc1c(-c2cccc(Cl)c2)nc2ccc(F)cn12. The predicted octanol–water partition coefficient (Wildman–Crippen LogP) is 3.25. The number of hydrogen-bond donors (Lipinski definition) is 1. The van der Waals surface area contributed by atoms with Gasteiger partial charge < -0.3 is 5.73 Å². The molecule has 3 nitrogen and oxygen atoms in total. The topological polar surface area (TPSA) is 43.3 Å². The first-order chi connectivity index (χ1) is 9.19. The molecule has 0 aliphatic heterocycles. The van der Waals surface area contributed by atoms with E-state index in [0.29, 0.717) is 10.7 Å². The van der Waals surface area contributed by atoms with Crippen LogP contribution in [0.4, 0.5) is 4.39 Å². The molecule has 0 aliphatic carbocycles. The highest BCUT2D eigenvalue weighted by Gasteiger charge is 2.13. The molecule has 0 saturated carbocycles. The lowest BCUT2D eigenvalue weighted by molar-refractivity contribution is 0.618. The molecule has 3 aromatic rings. The van der Waals surface area contributed by atoms with Gasteiger partial charge in [0.1, 0.15) is 11.5 Å². The van der Waals surface area contributed by atoms with Gasteiger partial charge in [-0.15, -0.1) is 0 Å². The molecule has 0 unspecified atom stereocenters. The van der Waals surface area contributed by atoms with Crippen molar-refractivity contribution in [3.05, 3.63) is 59.1 Å². The summed E-state index contributed by atoms with van der Waals surface area (Å²) in [5.41, 5.74) is 8.80. The van der Waals surface area contributed by atoms with E-state index in [-0.39, 0.29) is 12.4 Å². The molecule has 96 valence electrons. The Bertz CT molecular complexity index is 752. The molecule has 5 heteroatoms. The van der Waals surface area contributed by atoms with Gasteiger partial charge in [-0.25, -0.2) is 9.37 Å². The van der Waals surface area contributed by atoms with Crippen LogP contribution in [0.5, 0.6) is 0 Å². The number of imidazole rings is 1. The summed E-state index contributed by atoms with van der Waals surface area (Å²) in [7, 11) is 0. The van der Waals surface area contributed by atoms with Crippen molar-refractivity contribution < 1.29 is 4.39 Å². The summed E-state index contributed by atoms with van der Waals surface area (Å²) < 4.78 is 15.0. The second-order valence-corrected chi connectivity index (χ2v) is 4.63. The van der Waals surface area contributed by atoms with E-state index in [9.17, 15) is 4.39 Å². The first-order valence-electron chi connectivity index (χ1n) is 5.81. The maximum Gasteiger partial charge on any atom is 0.139 e. The number of fused-ring (bicyclic) bond motifs is 1. The number of nitrogens with zero attached hydrogens (tertiary/aromatic N) is 2. The van der Waals surface area contributed by atoms with Crippen LogP contribution in [0, 0.1) is 5.82 Å². The van der Waals surface area contributed by atoms with Gasteiger partial charge in [-0.3, -0.25) is 4.40 Å². The fourth-order valence-corrected chi connectivity index (χ4v) is 2.32. The van der Waals surface area contributed by atoms with Crippen LogP contribution in [0.15, 0.2) is 42.6 Å². The standard InChI is InChI=1S/C14H11ClFN3/c15-10-3-1-2-9(6-10)14-12(7-17)19-8-11(16)4-5-13(19)18-14/h1-6,8H,7,17H2. The highest BCUT2D eigenvalue weighted by atomic mass is 35.5. The molecule has 0 bridgehead atoms. The molecular weight excluding hydrogens is 265 g/mol. The Balaban J connectivity index is 2.29. The van der Waals surface area contributed by atoms with Gasteiger partial charge in [-0.2, -0.15) is 0 Å². The zero-order valence-electron chi connectivity index (χ0n) is 9.98. The van der Waals surface area contributed by atoms with E-state index in [1.165, 1.54) is 12.3 Å². The quantitative estimate of drug-likeness (QED) is 0.780. The Labute approximate surface area is 114 Å². The third-order valence-electron chi connectivity index (χ3n) is 2.97. The van der Waals surface area contributed by atoms with Crippen LogP contribution in [0.2, 0.25) is 5.02 Å². The Morgan fingerprint density at radius 3 is 2.84 bits per heavy atom. The number of aromatic nitrogens is 2. The van der Waals surface area contributed by atoms with Crippen LogP contribution < -0.4 is 5.73 Å². The van der Waals surface area contributed by atoms with Crippen LogP contribution in [0.25, 0.3) is 16.9 Å². The minimum Gasteiger partial charge on any atom is -0.325 e. The highest BCUT2D eigenvalue weighted by Crippen LogP contribution is 2.26. The molecule has 0 aliphatic rings. The molecule has 2 N–H and O–H groups in total.